The number of carbonyl (C=O) groups is 2. The highest BCUT2D eigenvalue weighted by atomic mass is 19.4. The molecule has 0 aliphatic carbocycles. The normalized spacial score (nSPS) is 17.8. The average molecular weight is 360 g/mol. The van der Waals surface area contributed by atoms with Crippen LogP contribution in [-0.4, -0.2) is 17.9 Å². The van der Waals surface area contributed by atoms with E-state index >= 15 is 0 Å². The Morgan fingerprint density at radius 3 is 2.42 bits per heavy atom. The van der Waals surface area contributed by atoms with Crippen LogP contribution in [0.25, 0.3) is 0 Å². The second-order valence-electron chi connectivity index (χ2n) is 5.98. The largest absolute Gasteiger partial charge is 0.454 e. The summed E-state index contributed by atoms with van der Waals surface area (Å²) < 4.78 is 44.3. The van der Waals surface area contributed by atoms with Crippen LogP contribution >= 0.6 is 0 Å². The van der Waals surface area contributed by atoms with Gasteiger partial charge in [0.2, 0.25) is 0 Å². The van der Waals surface area contributed by atoms with Gasteiger partial charge in [-0.1, -0.05) is 48.5 Å². The standard InChI is InChI=1S/C20H15F3O3/c21-20(22,23)15-8-4-7-14(11-15)16(18-9-10-19(25)26-18)12-17(24)13-5-2-1-3-6-13/h1-11,16,18H,12H2/t16-,18-/m0/s1. The number of rotatable bonds is 5. The van der Waals surface area contributed by atoms with Gasteiger partial charge in [0.1, 0.15) is 6.10 Å². The molecule has 0 bridgehead atoms. The molecule has 2 aromatic rings. The summed E-state index contributed by atoms with van der Waals surface area (Å²) in [5, 5.41) is 0. The van der Waals surface area contributed by atoms with Crippen LogP contribution in [0.4, 0.5) is 13.2 Å². The number of ketones is 1. The molecule has 26 heavy (non-hydrogen) atoms. The molecule has 1 aliphatic heterocycles. The second kappa shape index (κ2) is 7.15. The fourth-order valence-electron chi connectivity index (χ4n) is 2.91. The molecule has 0 saturated carbocycles. The van der Waals surface area contributed by atoms with Crippen LogP contribution in [-0.2, 0) is 15.7 Å². The van der Waals surface area contributed by atoms with Crippen LogP contribution < -0.4 is 0 Å². The summed E-state index contributed by atoms with van der Waals surface area (Å²) in [5.74, 6) is -1.50. The fraction of sp³-hybridized carbons (Fsp3) is 0.200. The average Bonchev–Trinajstić information content (AvgIpc) is 3.05. The third kappa shape index (κ3) is 4.02. The summed E-state index contributed by atoms with van der Waals surface area (Å²) in [6.07, 6.45) is -2.65. The van der Waals surface area contributed by atoms with Gasteiger partial charge in [0.05, 0.1) is 5.56 Å². The molecule has 3 rings (SSSR count). The number of esters is 1. The van der Waals surface area contributed by atoms with E-state index in [0.29, 0.717) is 11.1 Å². The van der Waals surface area contributed by atoms with Gasteiger partial charge in [0.25, 0.3) is 0 Å². The molecular formula is C20H15F3O3. The van der Waals surface area contributed by atoms with E-state index in [1.54, 1.807) is 30.3 Å². The van der Waals surface area contributed by atoms with E-state index in [1.165, 1.54) is 24.3 Å². The monoisotopic (exact) mass is 360 g/mol. The summed E-state index contributed by atoms with van der Waals surface area (Å²) in [6, 6.07) is 13.2. The zero-order valence-electron chi connectivity index (χ0n) is 13.6. The highest BCUT2D eigenvalue weighted by Crippen LogP contribution is 2.35. The van der Waals surface area contributed by atoms with Crippen molar-refractivity contribution in [2.24, 2.45) is 0 Å². The van der Waals surface area contributed by atoms with Crippen LogP contribution in [0.1, 0.15) is 33.8 Å². The van der Waals surface area contributed by atoms with E-state index in [1.807, 2.05) is 0 Å². The Hall–Kier alpha value is -2.89. The highest BCUT2D eigenvalue weighted by Gasteiger charge is 2.34. The lowest BCUT2D eigenvalue weighted by Crippen LogP contribution is -2.22. The van der Waals surface area contributed by atoms with Crippen molar-refractivity contribution >= 4 is 11.8 Å². The van der Waals surface area contributed by atoms with E-state index in [4.69, 9.17) is 4.74 Å². The molecule has 2 aromatic carbocycles. The predicted octanol–water partition coefficient (Wildman–Crippen LogP) is 4.54. The van der Waals surface area contributed by atoms with Crippen molar-refractivity contribution in [3.05, 3.63) is 83.4 Å². The Kier molecular flexibility index (Phi) is 4.93. The van der Waals surface area contributed by atoms with Crippen LogP contribution in [0.5, 0.6) is 0 Å². The van der Waals surface area contributed by atoms with Crippen molar-refractivity contribution in [1.82, 2.24) is 0 Å². The maximum atomic E-state index is 13.0. The van der Waals surface area contributed by atoms with Crippen molar-refractivity contribution in [1.29, 1.82) is 0 Å². The summed E-state index contributed by atoms with van der Waals surface area (Å²) in [4.78, 5) is 24.0. The highest BCUT2D eigenvalue weighted by molar-refractivity contribution is 5.96. The molecule has 0 aromatic heterocycles. The minimum absolute atomic E-state index is 0.0758. The fourth-order valence-corrected chi connectivity index (χ4v) is 2.91. The van der Waals surface area contributed by atoms with Gasteiger partial charge in [-0.2, -0.15) is 13.2 Å². The van der Waals surface area contributed by atoms with Gasteiger partial charge in [-0.3, -0.25) is 4.79 Å². The Bertz CT molecular complexity index is 841. The first-order valence-electron chi connectivity index (χ1n) is 7.99. The number of hydrogen-bond acceptors (Lipinski definition) is 3. The Morgan fingerprint density at radius 1 is 1.08 bits per heavy atom. The number of alkyl halides is 3. The molecule has 3 nitrogen and oxygen atoms in total. The van der Waals surface area contributed by atoms with E-state index in [2.05, 4.69) is 0 Å². The number of carbonyl (C=O) groups excluding carboxylic acids is 2. The lowest BCUT2D eigenvalue weighted by molar-refractivity contribution is -0.140. The predicted molar refractivity (Wildman–Crippen MR) is 88.6 cm³/mol. The maximum absolute atomic E-state index is 13.0. The number of cyclic esters (lactones) is 1. The van der Waals surface area contributed by atoms with Gasteiger partial charge in [-0.25, -0.2) is 4.79 Å². The Morgan fingerprint density at radius 2 is 1.81 bits per heavy atom. The van der Waals surface area contributed by atoms with Gasteiger partial charge in [0.15, 0.2) is 5.78 Å². The first kappa shape index (κ1) is 17.9. The number of ether oxygens (including phenoxy) is 1. The molecule has 1 aliphatic rings. The molecule has 0 saturated heterocycles. The SMILES string of the molecule is O=C1C=C[C@@H]([C@@H](CC(=O)c2ccccc2)c2cccc(C(F)(F)F)c2)O1. The maximum Gasteiger partial charge on any atom is 0.416 e. The zero-order valence-corrected chi connectivity index (χ0v) is 13.6. The van der Waals surface area contributed by atoms with Gasteiger partial charge in [-0.15, -0.1) is 0 Å². The van der Waals surface area contributed by atoms with Gasteiger partial charge in [0, 0.05) is 24.0 Å². The lowest BCUT2D eigenvalue weighted by atomic mass is 9.86. The summed E-state index contributed by atoms with van der Waals surface area (Å²) in [6.45, 7) is 0. The minimum atomic E-state index is -4.49. The van der Waals surface area contributed by atoms with Gasteiger partial charge in [-0.05, 0) is 17.7 Å². The van der Waals surface area contributed by atoms with Gasteiger partial charge < -0.3 is 4.74 Å². The molecule has 0 unspecified atom stereocenters. The molecule has 0 radical (unpaired) electrons. The summed E-state index contributed by atoms with van der Waals surface area (Å²) >= 11 is 0. The molecule has 1 heterocycles. The van der Waals surface area contributed by atoms with Crippen LogP contribution in [0, 0.1) is 0 Å². The van der Waals surface area contributed by atoms with Crippen LogP contribution in [0.2, 0.25) is 0 Å². The molecular weight excluding hydrogens is 345 g/mol. The third-order valence-corrected chi connectivity index (χ3v) is 4.21. The Labute approximate surface area is 148 Å². The Balaban J connectivity index is 1.93. The van der Waals surface area contributed by atoms with E-state index in [0.717, 1.165) is 12.1 Å². The van der Waals surface area contributed by atoms with Crippen molar-refractivity contribution in [2.75, 3.05) is 0 Å². The molecule has 0 N–H and O–H groups in total. The van der Waals surface area contributed by atoms with E-state index in [-0.39, 0.29) is 12.2 Å². The molecule has 0 fully saturated rings. The number of hydrogen-bond donors (Lipinski definition) is 0. The van der Waals surface area contributed by atoms with Crippen molar-refractivity contribution < 1.29 is 27.5 Å². The van der Waals surface area contributed by atoms with Crippen molar-refractivity contribution in [3.8, 4) is 0 Å². The van der Waals surface area contributed by atoms with Crippen LogP contribution in [0.15, 0.2) is 66.7 Å². The first-order valence-corrected chi connectivity index (χ1v) is 7.99. The second-order valence-corrected chi connectivity index (χ2v) is 5.98. The lowest BCUT2D eigenvalue weighted by Gasteiger charge is -2.22. The molecule has 2 atom stereocenters. The minimum Gasteiger partial charge on any atom is -0.454 e. The molecule has 0 spiro atoms. The number of benzene rings is 2. The zero-order chi connectivity index (χ0) is 18.7. The quantitative estimate of drug-likeness (QED) is 0.581. The molecule has 6 heteroatoms. The van der Waals surface area contributed by atoms with Gasteiger partial charge >= 0.3 is 12.1 Å². The topological polar surface area (TPSA) is 43.4 Å². The van der Waals surface area contributed by atoms with E-state index in [9.17, 15) is 22.8 Å². The smallest absolute Gasteiger partial charge is 0.416 e. The van der Waals surface area contributed by atoms with Crippen molar-refractivity contribution in [3.63, 3.8) is 0 Å². The summed E-state index contributed by atoms with van der Waals surface area (Å²) in [5.41, 5.74) is -0.0494. The third-order valence-electron chi connectivity index (χ3n) is 4.21. The molecule has 0 amide bonds. The first-order chi connectivity index (χ1) is 12.3. The van der Waals surface area contributed by atoms with E-state index < -0.39 is 29.7 Å². The number of halogens is 3. The summed E-state index contributed by atoms with van der Waals surface area (Å²) in [7, 11) is 0. The molecule has 134 valence electrons. The van der Waals surface area contributed by atoms with Crippen LogP contribution in [0.3, 0.4) is 0 Å². The number of Topliss-reactive ketones (excluding diaryl/α,β-unsaturated/α-hetero) is 1. The van der Waals surface area contributed by atoms with Crippen molar-refractivity contribution in [2.45, 2.75) is 24.6 Å².